The summed E-state index contributed by atoms with van der Waals surface area (Å²) in [4.78, 5) is 33.6. The SMILES string of the molecule is CC(O)CNC(=O)CSCc1nc2sc3c(c2c(=O)[nH]1)CCCC3. The molecule has 3 rings (SSSR count). The normalized spacial score (nSPS) is 15.2. The Labute approximate surface area is 148 Å². The van der Waals surface area contributed by atoms with Crippen LogP contribution in [-0.2, 0) is 23.4 Å². The van der Waals surface area contributed by atoms with E-state index in [2.05, 4.69) is 15.3 Å². The van der Waals surface area contributed by atoms with Gasteiger partial charge in [0.1, 0.15) is 10.7 Å². The molecule has 0 bridgehead atoms. The number of fused-ring (bicyclic) bond motifs is 3. The van der Waals surface area contributed by atoms with E-state index in [1.54, 1.807) is 18.3 Å². The summed E-state index contributed by atoms with van der Waals surface area (Å²) >= 11 is 3.03. The molecule has 2 aromatic heterocycles. The van der Waals surface area contributed by atoms with E-state index < -0.39 is 6.10 Å². The molecule has 8 heteroatoms. The second-order valence-corrected chi connectivity index (χ2v) is 8.12. The third-order valence-corrected chi connectivity index (χ3v) is 6.07. The number of thiophene rings is 1. The Hall–Kier alpha value is -1.38. The van der Waals surface area contributed by atoms with Crippen molar-refractivity contribution in [1.29, 1.82) is 0 Å². The number of aromatic nitrogens is 2. The van der Waals surface area contributed by atoms with Crippen LogP contribution < -0.4 is 10.9 Å². The summed E-state index contributed by atoms with van der Waals surface area (Å²) in [5.41, 5.74) is 1.13. The van der Waals surface area contributed by atoms with E-state index in [4.69, 9.17) is 5.11 Å². The lowest BCUT2D eigenvalue weighted by atomic mass is 9.97. The number of hydrogen-bond acceptors (Lipinski definition) is 6. The number of hydrogen-bond donors (Lipinski definition) is 3. The number of carbonyl (C=O) groups is 1. The predicted octanol–water partition coefficient (Wildman–Crippen LogP) is 1.59. The second-order valence-electron chi connectivity index (χ2n) is 6.05. The maximum absolute atomic E-state index is 12.4. The Morgan fingerprint density at radius 2 is 2.25 bits per heavy atom. The first-order chi connectivity index (χ1) is 11.5. The fraction of sp³-hybridized carbons (Fsp3) is 0.562. The number of nitrogens with one attached hydrogen (secondary N) is 2. The fourth-order valence-electron chi connectivity index (χ4n) is 2.83. The minimum absolute atomic E-state index is 0.0615. The Bertz CT molecular complexity index is 798. The molecule has 0 fully saturated rings. The molecule has 1 unspecified atom stereocenters. The summed E-state index contributed by atoms with van der Waals surface area (Å²) in [5, 5.41) is 12.5. The zero-order chi connectivity index (χ0) is 17.1. The van der Waals surface area contributed by atoms with E-state index in [9.17, 15) is 9.59 Å². The quantitative estimate of drug-likeness (QED) is 0.721. The van der Waals surface area contributed by atoms with Crippen molar-refractivity contribution >= 4 is 39.2 Å². The molecular formula is C16H21N3O3S2. The van der Waals surface area contributed by atoms with Crippen LogP contribution in [0.3, 0.4) is 0 Å². The molecule has 0 radical (unpaired) electrons. The highest BCUT2D eigenvalue weighted by Gasteiger charge is 2.19. The van der Waals surface area contributed by atoms with E-state index in [0.29, 0.717) is 11.6 Å². The number of rotatable bonds is 6. The minimum Gasteiger partial charge on any atom is -0.392 e. The molecule has 2 heterocycles. The van der Waals surface area contributed by atoms with Gasteiger partial charge in [0.15, 0.2) is 0 Å². The summed E-state index contributed by atoms with van der Waals surface area (Å²) in [6.07, 6.45) is 3.78. The molecule has 1 aliphatic rings. The van der Waals surface area contributed by atoms with Crippen LogP contribution in [0, 0.1) is 0 Å². The van der Waals surface area contributed by atoms with Crippen LogP contribution in [0.25, 0.3) is 10.2 Å². The molecule has 24 heavy (non-hydrogen) atoms. The third-order valence-electron chi connectivity index (χ3n) is 3.94. The van der Waals surface area contributed by atoms with Crippen molar-refractivity contribution in [2.45, 2.75) is 44.5 Å². The molecule has 130 valence electrons. The Kier molecular flexibility index (Phi) is 5.57. The van der Waals surface area contributed by atoms with Crippen molar-refractivity contribution in [2.75, 3.05) is 12.3 Å². The number of thioether (sulfide) groups is 1. The molecule has 2 aromatic rings. The van der Waals surface area contributed by atoms with Gasteiger partial charge in [-0.2, -0.15) is 0 Å². The summed E-state index contributed by atoms with van der Waals surface area (Å²) < 4.78 is 0. The van der Waals surface area contributed by atoms with Crippen LogP contribution in [0.15, 0.2) is 4.79 Å². The smallest absolute Gasteiger partial charge is 0.259 e. The molecule has 1 atom stereocenters. The number of aromatic amines is 1. The van der Waals surface area contributed by atoms with Gasteiger partial charge in [-0.1, -0.05) is 0 Å². The van der Waals surface area contributed by atoms with Gasteiger partial charge in [-0.25, -0.2) is 4.98 Å². The van der Waals surface area contributed by atoms with E-state index >= 15 is 0 Å². The van der Waals surface area contributed by atoms with Gasteiger partial charge >= 0.3 is 0 Å². The van der Waals surface area contributed by atoms with Gasteiger partial charge < -0.3 is 15.4 Å². The van der Waals surface area contributed by atoms with Crippen LogP contribution in [0.1, 0.15) is 36.0 Å². The van der Waals surface area contributed by atoms with Crippen molar-refractivity contribution in [3.05, 3.63) is 26.6 Å². The highest BCUT2D eigenvalue weighted by molar-refractivity contribution is 7.99. The van der Waals surface area contributed by atoms with Crippen LogP contribution in [0.2, 0.25) is 0 Å². The lowest BCUT2D eigenvalue weighted by Gasteiger charge is -2.09. The average Bonchev–Trinajstić information content (AvgIpc) is 2.91. The molecule has 0 aromatic carbocycles. The van der Waals surface area contributed by atoms with Gasteiger partial charge in [0, 0.05) is 11.4 Å². The first kappa shape index (κ1) is 17.4. The predicted molar refractivity (Wildman–Crippen MR) is 97.7 cm³/mol. The Morgan fingerprint density at radius 1 is 1.46 bits per heavy atom. The highest BCUT2D eigenvalue weighted by atomic mass is 32.2. The maximum atomic E-state index is 12.4. The zero-order valence-corrected chi connectivity index (χ0v) is 15.2. The van der Waals surface area contributed by atoms with Gasteiger partial charge in [-0.15, -0.1) is 23.1 Å². The fourth-order valence-corrected chi connectivity index (χ4v) is 4.83. The molecule has 1 aliphatic carbocycles. The van der Waals surface area contributed by atoms with Crippen LogP contribution in [0.4, 0.5) is 0 Å². The van der Waals surface area contributed by atoms with E-state index in [0.717, 1.165) is 29.5 Å². The van der Waals surface area contributed by atoms with Gasteiger partial charge in [0.25, 0.3) is 5.56 Å². The summed E-state index contributed by atoms with van der Waals surface area (Å²) in [6, 6.07) is 0. The Morgan fingerprint density at radius 3 is 3.04 bits per heavy atom. The molecular weight excluding hydrogens is 346 g/mol. The number of nitrogens with zero attached hydrogens (tertiary/aromatic N) is 1. The number of aliphatic hydroxyl groups excluding tert-OH is 1. The number of H-pyrrole nitrogens is 1. The van der Waals surface area contributed by atoms with E-state index in [-0.39, 0.29) is 23.8 Å². The number of carbonyl (C=O) groups excluding carboxylic acids is 1. The first-order valence-corrected chi connectivity index (χ1v) is 10.1. The average molecular weight is 367 g/mol. The van der Waals surface area contributed by atoms with Gasteiger partial charge in [0.2, 0.25) is 5.91 Å². The standard InChI is InChI=1S/C16H21N3O3S2/c1-9(20)6-17-13(21)8-23-7-12-18-15(22)14-10-4-2-3-5-11(10)24-16(14)19-12/h9,20H,2-8H2,1H3,(H,17,21)(H,18,19,22). The monoisotopic (exact) mass is 367 g/mol. The number of aryl methyl sites for hydroxylation is 2. The molecule has 0 spiro atoms. The van der Waals surface area contributed by atoms with Crippen LogP contribution in [-0.4, -0.2) is 39.4 Å². The topological polar surface area (TPSA) is 95.1 Å². The van der Waals surface area contributed by atoms with Crippen molar-refractivity contribution in [3.63, 3.8) is 0 Å². The number of amides is 1. The van der Waals surface area contributed by atoms with Gasteiger partial charge in [-0.05, 0) is 38.2 Å². The molecule has 3 N–H and O–H groups in total. The highest BCUT2D eigenvalue weighted by Crippen LogP contribution is 2.33. The number of aliphatic hydroxyl groups is 1. The Balaban J connectivity index is 1.66. The summed E-state index contributed by atoms with van der Waals surface area (Å²) in [5.74, 6) is 1.24. The molecule has 0 aliphatic heterocycles. The van der Waals surface area contributed by atoms with Gasteiger partial charge in [-0.3, -0.25) is 9.59 Å². The lowest BCUT2D eigenvalue weighted by molar-refractivity contribution is -0.118. The second kappa shape index (κ2) is 7.67. The molecule has 1 amide bonds. The first-order valence-electron chi connectivity index (χ1n) is 8.10. The van der Waals surface area contributed by atoms with Gasteiger partial charge in [0.05, 0.1) is 23.0 Å². The van der Waals surface area contributed by atoms with E-state index in [1.807, 2.05) is 0 Å². The summed E-state index contributed by atoms with van der Waals surface area (Å²) in [6.45, 7) is 1.87. The molecule has 0 saturated carbocycles. The molecule has 0 saturated heterocycles. The van der Waals surface area contributed by atoms with Crippen LogP contribution >= 0.6 is 23.1 Å². The van der Waals surface area contributed by atoms with E-state index in [1.165, 1.54) is 28.6 Å². The third kappa shape index (κ3) is 3.99. The van der Waals surface area contributed by atoms with Crippen molar-refractivity contribution in [1.82, 2.24) is 15.3 Å². The zero-order valence-electron chi connectivity index (χ0n) is 13.6. The lowest BCUT2D eigenvalue weighted by Crippen LogP contribution is -2.31. The molecule has 6 nitrogen and oxygen atoms in total. The minimum atomic E-state index is -0.552. The van der Waals surface area contributed by atoms with Crippen molar-refractivity contribution < 1.29 is 9.90 Å². The van der Waals surface area contributed by atoms with Crippen molar-refractivity contribution in [2.24, 2.45) is 0 Å². The summed E-state index contributed by atoms with van der Waals surface area (Å²) in [7, 11) is 0. The van der Waals surface area contributed by atoms with Crippen LogP contribution in [0.5, 0.6) is 0 Å². The maximum Gasteiger partial charge on any atom is 0.259 e. The van der Waals surface area contributed by atoms with Crippen molar-refractivity contribution in [3.8, 4) is 0 Å². The largest absolute Gasteiger partial charge is 0.392 e.